The van der Waals surface area contributed by atoms with E-state index in [9.17, 15) is 22.9 Å². The van der Waals surface area contributed by atoms with Crippen LogP contribution in [0.5, 0.6) is 5.75 Å². The van der Waals surface area contributed by atoms with Gasteiger partial charge in [0.05, 0.1) is 5.54 Å². The smallest absolute Gasteiger partial charge is 0.303 e. The maximum absolute atomic E-state index is 11.4. The lowest BCUT2D eigenvalue weighted by Gasteiger charge is -2.43. The first-order chi connectivity index (χ1) is 12.0. The van der Waals surface area contributed by atoms with Gasteiger partial charge >= 0.3 is 5.97 Å². The molecule has 0 saturated carbocycles. The number of carboxylic acid groups (broad SMARTS) is 1. The second-order valence-electron chi connectivity index (χ2n) is 7.11. The van der Waals surface area contributed by atoms with Gasteiger partial charge < -0.3 is 15.1 Å². The highest BCUT2D eigenvalue weighted by atomic mass is 32.2. The van der Waals surface area contributed by atoms with Crippen LogP contribution in [0.25, 0.3) is 5.57 Å². The van der Waals surface area contributed by atoms with Crippen molar-refractivity contribution in [1.82, 2.24) is 0 Å². The highest BCUT2D eigenvalue weighted by molar-refractivity contribution is 7.86. The summed E-state index contributed by atoms with van der Waals surface area (Å²) in [6.45, 7) is 4.50. The van der Waals surface area contributed by atoms with Crippen molar-refractivity contribution >= 4 is 27.3 Å². The first-order valence-electron chi connectivity index (χ1n) is 8.49. The zero-order valence-electron chi connectivity index (χ0n) is 15.0. The van der Waals surface area contributed by atoms with E-state index in [4.69, 9.17) is 5.11 Å². The van der Waals surface area contributed by atoms with Crippen molar-refractivity contribution in [2.75, 3.05) is 17.2 Å². The molecule has 1 heterocycles. The number of fused-ring (bicyclic) bond motifs is 1. The fraction of sp³-hybridized carbons (Fsp3) is 0.500. The fourth-order valence-corrected chi connectivity index (χ4v) is 3.99. The lowest BCUT2D eigenvalue weighted by atomic mass is 9.88. The average molecular weight is 383 g/mol. The molecule has 0 unspecified atom stereocenters. The quantitative estimate of drug-likeness (QED) is 0.467. The Balaban J connectivity index is 2.27. The van der Waals surface area contributed by atoms with Gasteiger partial charge in [-0.15, -0.1) is 0 Å². The van der Waals surface area contributed by atoms with Crippen molar-refractivity contribution in [3.05, 3.63) is 29.8 Å². The molecule has 0 bridgehead atoms. The highest BCUT2D eigenvalue weighted by Gasteiger charge is 2.33. The van der Waals surface area contributed by atoms with Crippen LogP contribution in [0.15, 0.2) is 24.3 Å². The van der Waals surface area contributed by atoms with E-state index >= 15 is 0 Å². The number of hydrogen-bond acceptors (Lipinski definition) is 5. The summed E-state index contributed by atoms with van der Waals surface area (Å²) in [5.41, 5.74) is 1.34. The average Bonchev–Trinajstić information content (AvgIpc) is 2.46. The van der Waals surface area contributed by atoms with Crippen LogP contribution in [-0.2, 0) is 14.9 Å². The minimum absolute atomic E-state index is 0.0727. The van der Waals surface area contributed by atoms with Crippen molar-refractivity contribution in [3.8, 4) is 5.75 Å². The third kappa shape index (κ3) is 5.22. The van der Waals surface area contributed by atoms with Gasteiger partial charge in [0.2, 0.25) is 0 Å². The molecule has 1 aromatic rings. The summed E-state index contributed by atoms with van der Waals surface area (Å²) in [5.74, 6) is -1.22. The Hall–Kier alpha value is -2.06. The second-order valence-corrected chi connectivity index (χ2v) is 8.56. The van der Waals surface area contributed by atoms with E-state index in [1.54, 1.807) is 12.1 Å². The molecule has 0 spiro atoms. The number of carboxylic acids is 1. The van der Waals surface area contributed by atoms with E-state index < -0.39 is 27.4 Å². The summed E-state index contributed by atoms with van der Waals surface area (Å²) >= 11 is 0. The van der Waals surface area contributed by atoms with Gasteiger partial charge in [0.25, 0.3) is 10.1 Å². The molecule has 1 aliphatic rings. The second kappa shape index (κ2) is 7.67. The van der Waals surface area contributed by atoms with Crippen LogP contribution in [0.2, 0.25) is 0 Å². The molecular weight excluding hydrogens is 358 g/mol. The van der Waals surface area contributed by atoms with E-state index in [1.807, 2.05) is 19.9 Å². The van der Waals surface area contributed by atoms with Gasteiger partial charge in [-0.25, -0.2) is 0 Å². The maximum Gasteiger partial charge on any atom is 0.303 e. The Morgan fingerprint density at radius 3 is 2.50 bits per heavy atom. The minimum Gasteiger partial charge on any atom is -0.508 e. The molecule has 8 heteroatoms. The third-order valence-electron chi connectivity index (χ3n) is 4.45. The van der Waals surface area contributed by atoms with E-state index in [1.165, 1.54) is 6.07 Å². The van der Waals surface area contributed by atoms with Crippen LogP contribution in [0, 0.1) is 0 Å². The molecule has 0 aliphatic carbocycles. The molecule has 0 aromatic heterocycles. The summed E-state index contributed by atoms with van der Waals surface area (Å²) in [7, 11) is -4.18. The Labute approximate surface area is 153 Å². The first-order valence-corrected chi connectivity index (χ1v) is 10.1. The number of hydrogen-bond donors (Lipinski definition) is 3. The number of carbonyl (C=O) groups is 1. The van der Waals surface area contributed by atoms with Crippen molar-refractivity contribution in [3.63, 3.8) is 0 Å². The van der Waals surface area contributed by atoms with E-state index in [2.05, 4.69) is 4.90 Å². The summed E-state index contributed by atoms with van der Waals surface area (Å²) < 4.78 is 32.0. The third-order valence-corrected chi connectivity index (χ3v) is 5.13. The number of phenols is 1. The molecule has 0 fully saturated rings. The zero-order valence-corrected chi connectivity index (χ0v) is 15.8. The number of aliphatic carboxylic acids is 1. The van der Waals surface area contributed by atoms with Crippen LogP contribution in [0.1, 0.15) is 45.1 Å². The van der Waals surface area contributed by atoms with Gasteiger partial charge in [0.15, 0.2) is 0 Å². The van der Waals surface area contributed by atoms with E-state index in [-0.39, 0.29) is 12.2 Å². The Morgan fingerprint density at radius 1 is 1.19 bits per heavy atom. The lowest BCUT2D eigenvalue weighted by molar-refractivity contribution is -0.137. The van der Waals surface area contributed by atoms with Crippen molar-refractivity contribution in [2.45, 2.75) is 45.1 Å². The van der Waals surface area contributed by atoms with E-state index in [0.717, 1.165) is 12.8 Å². The lowest BCUT2D eigenvalue weighted by Crippen LogP contribution is -2.46. The molecule has 1 aromatic carbocycles. The predicted molar refractivity (Wildman–Crippen MR) is 100 cm³/mol. The summed E-state index contributed by atoms with van der Waals surface area (Å²) in [4.78, 5) is 12.7. The monoisotopic (exact) mass is 383 g/mol. The van der Waals surface area contributed by atoms with Crippen LogP contribution < -0.4 is 4.90 Å². The molecule has 144 valence electrons. The number of unbranched alkanes of at least 4 members (excludes halogenated alkanes) is 2. The number of nitrogens with zero attached hydrogens (tertiary/aromatic N) is 1. The minimum atomic E-state index is -4.18. The largest absolute Gasteiger partial charge is 0.508 e. The molecule has 0 radical (unpaired) electrons. The highest BCUT2D eigenvalue weighted by Crippen LogP contribution is 2.41. The number of aromatic hydroxyl groups is 1. The number of anilines is 1. The number of phenolic OH excluding ortho intramolecular Hbond substituents is 1. The predicted octanol–water partition coefficient (Wildman–Crippen LogP) is 2.91. The SMILES string of the molecule is CC1(C)C=C(CS(=O)(=O)O)c2ccc(O)cc2N1CCCCCC(=O)O. The number of benzene rings is 1. The topological polar surface area (TPSA) is 115 Å². The molecule has 0 atom stereocenters. The summed E-state index contributed by atoms with van der Waals surface area (Å²) in [6, 6.07) is 4.72. The van der Waals surface area contributed by atoms with Crippen molar-refractivity contribution < 1.29 is 28.0 Å². The standard InChI is InChI=1S/C18H25NO6S/c1-18(2)11-13(12-26(23,24)25)15-8-7-14(20)10-16(15)19(18)9-5-3-4-6-17(21)22/h7-8,10-11,20H,3-6,9,12H2,1-2H3,(H,21,22)(H,23,24,25). The Kier molecular flexibility index (Phi) is 5.98. The number of rotatable bonds is 8. The first kappa shape index (κ1) is 20.3. The molecule has 1 aliphatic heterocycles. The van der Waals surface area contributed by atoms with E-state index in [0.29, 0.717) is 29.8 Å². The van der Waals surface area contributed by atoms with Gasteiger partial charge in [0, 0.05) is 30.3 Å². The Bertz CT molecular complexity index is 813. The van der Waals surface area contributed by atoms with Gasteiger partial charge in [-0.05, 0) is 44.4 Å². The van der Waals surface area contributed by atoms with Gasteiger partial charge in [-0.2, -0.15) is 8.42 Å². The van der Waals surface area contributed by atoms with Gasteiger partial charge in [-0.1, -0.05) is 12.5 Å². The maximum atomic E-state index is 11.4. The van der Waals surface area contributed by atoms with Crippen LogP contribution in [-0.4, -0.2) is 47.0 Å². The molecule has 0 amide bonds. The summed E-state index contributed by atoms with van der Waals surface area (Å²) in [5, 5.41) is 18.6. The Morgan fingerprint density at radius 2 is 1.88 bits per heavy atom. The van der Waals surface area contributed by atoms with Crippen LogP contribution in [0.4, 0.5) is 5.69 Å². The molecule has 26 heavy (non-hydrogen) atoms. The van der Waals surface area contributed by atoms with Crippen molar-refractivity contribution in [2.24, 2.45) is 0 Å². The molecule has 3 N–H and O–H groups in total. The molecule has 2 rings (SSSR count). The molecular formula is C18H25NO6S. The molecule has 0 saturated heterocycles. The normalized spacial score (nSPS) is 16.1. The van der Waals surface area contributed by atoms with Crippen LogP contribution >= 0.6 is 0 Å². The molecule has 7 nitrogen and oxygen atoms in total. The van der Waals surface area contributed by atoms with Gasteiger partial charge in [0.1, 0.15) is 11.5 Å². The van der Waals surface area contributed by atoms with Crippen molar-refractivity contribution in [1.29, 1.82) is 0 Å². The summed E-state index contributed by atoms with van der Waals surface area (Å²) in [6.07, 6.45) is 4.08. The van der Waals surface area contributed by atoms with Crippen LogP contribution in [0.3, 0.4) is 0 Å². The zero-order chi connectivity index (χ0) is 19.5. The van der Waals surface area contributed by atoms with Gasteiger partial charge in [-0.3, -0.25) is 9.35 Å². The fourth-order valence-electron chi connectivity index (χ4n) is 3.35.